The molecule has 1 aromatic rings. The normalized spacial score (nSPS) is 23.3. The lowest BCUT2D eigenvalue weighted by Crippen LogP contribution is -2.51. The van der Waals surface area contributed by atoms with Crippen LogP contribution in [0.25, 0.3) is 0 Å². The number of ether oxygens (including phenoxy) is 1. The Morgan fingerprint density at radius 1 is 1.38 bits per heavy atom. The van der Waals surface area contributed by atoms with Crippen LogP contribution >= 0.6 is 11.3 Å². The minimum atomic E-state index is -0.718. The molecule has 0 aromatic carbocycles. The molecule has 3 atom stereocenters. The molecule has 3 amide bonds. The van der Waals surface area contributed by atoms with Crippen LogP contribution in [0.1, 0.15) is 43.0 Å². The molecule has 0 aliphatic carbocycles. The third-order valence-corrected chi connectivity index (χ3v) is 5.96. The van der Waals surface area contributed by atoms with Gasteiger partial charge in [0.25, 0.3) is 0 Å². The maximum atomic E-state index is 12.9. The highest BCUT2D eigenvalue weighted by Crippen LogP contribution is 2.25. The average molecular weight is 379 g/mol. The number of primary amides is 1. The second-order valence-corrected chi connectivity index (χ2v) is 7.82. The van der Waals surface area contributed by atoms with Crippen molar-refractivity contribution in [3.8, 4) is 0 Å². The van der Waals surface area contributed by atoms with Crippen molar-refractivity contribution >= 4 is 29.1 Å². The fourth-order valence-corrected chi connectivity index (χ4v) is 4.40. The van der Waals surface area contributed by atoms with Crippen LogP contribution in [0.3, 0.4) is 0 Å². The van der Waals surface area contributed by atoms with Crippen molar-refractivity contribution in [2.45, 2.75) is 63.8 Å². The summed E-state index contributed by atoms with van der Waals surface area (Å²) in [5.74, 6) is -0.948. The van der Waals surface area contributed by atoms with Gasteiger partial charge in [-0.15, -0.1) is 11.3 Å². The van der Waals surface area contributed by atoms with Gasteiger partial charge in [0.05, 0.1) is 0 Å². The Balaban J connectivity index is 1.61. The minimum Gasteiger partial charge on any atom is -0.367 e. The summed E-state index contributed by atoms with van der Waals surface area (Å²) in [5, 5.41) is 4.88. The molecule has 0 unspecified atom stereocenters. The number of hydrogen-bond donors (Lipinski definition) is 2. The lowest BCUT2D eigenvalue weighted by molar-refractivity contribution is -0.142. The van der Waals surface area contributed by atoms with Gasteiger partial charge in [-0.3, -0.25) is 14.4 Å². The van der Waals surface area contributed by atoms with Crippen LogP contribution < -0.4 is 11.1 Å². The number of amides is 3. The Bertz CT molecular complexity index is 690. The number of fused-ring (bicyclic) bond motifs is 1. The standard InChI is InChI=1S/C18H25N3O4S/c1-2-3-12(20-17(23)14-5-4-13(25-14)16(19)22)18(24)21-8-6-15-11(10-21)7-9-26-15/h7,9,12-14H,2-6,8,10H2,1H3,(H2,19,22)(H,20,23)/t12-,13-,14-/m0/s1. The van der Waals surface area contributed by atoms with E-state index in [9.17, 15) is 14.4 Å². The van der Waals surface area contributed by atoms with E-state index >= 15 is 0 Å². The number of nitrogens with zero attached hydrogens (tertiary/aromatic N) is 1. The summed E-state index contributed by atoms with van der Waals surface area (Å²) < 4.78 is 5.41. The molecule has 26 heavy (non-hydrogen) atoms. The first-order valence-corrected chi connectivity index (χ1v) is 9.96. The van der Waals surface area contributed by atoms with E-state index in [0.29, 0.717) is 32.4 Å². The van der Waals surface area contributed by atoms with Gasteiger partial charge in [-0.05, 0) is 42.7 Å². The quantitative estimate of drug-likeness (QED) is 0.768. The molecule has 1 fully saturated rings. The summed E-state index contributed by atoms with van der Waals surface area (Å²) in [6.45, 7) is 3.25. The van der Waals surface area contributed by atoms with Crippen LogP contribution in [-0.4, -0.2) is 47.4 Å². The number of nitrogens with one attached hydrogen (secondary N) is 1. The Morgan fingerprint density at radius 2 is 2.15 bits per heavy atom. The van der Waals surface area contributed by atoms with Gasteiger partial charge in [0, 0.05) is 18.0 Å². The molecule has 0 bridgehead atoms. The molecule has 0 radical (unpaired) electrons. The third kappa shape index (κ3) is 4.07. The van der Waals surface area contributed by atoms with Crippen molar-refractivity contribution in [2.24, 2.45) is 5.73 Å². The van der Waals surface area contributed by atoms with E-state index < -0.39 is 24.2 Å². The number of hydrogen-bond acceptors (Lipinski definition) is 5. The van der Waals surface area contributed by atoms with Gasteiger partial charge in [-0.1, -0.05) is 13.3 Å². The number of nitrogens with two attached hydrogens (primary N) is 1. The Kier molecular flexibility index (Phi) is 5.93. The van der Waals surface area contributed by atoms with Gasteiger partial charge in [0.1, 0.15) is 18.2 Å². The van der Waals surface area contributed by atoms with E-state index in [4.69, 9.17) is 10.5 Å². The number of rotatable bonds is 6. The molecule has 0 saturated carbocycles. The molecule has 3 rings (SSSR count). The predicted octanol–water partition coefficient (Wildman–Crippen LogP) is 0.951. The van der Waals surface area contributed by atoms with E-state index in [1.165, 1.54) is 10.4 Å². The third-order valence-electron chi connectivity index (χ3n) is 4.94. The van der Waals surface area contributed by atoms with Gasteiger partial charge in [-0.2, -0.15) is 0 Å². The van der Waals surface area contributed by atoms with E-state index in [2.05, 4.69) is 16.8 Å². The van der Waals surface area contributed by atoms with Gasteiger partial charge < -0.3 is 20.7 Å². The van der Waals surface area contributed by atoms with Crippen molar-refractivity contribution in [3.63, 3.8) is 0 Å². The molecule has 2 aliphatic heterocycles. The Morgan fingerprint density at radius 3 is 2.85 bits per heavy atom. The van der Waals surface area contributed by atoms with Crippen LogP contribution in [0.15, 0.2) is 11.4 Å². The predicted molar refractivity (Wildman–Crippen MR) is 97.4 cm³/mol. The van der Waals surface area contributed by atoms with Crippen molar-refractivity contribution in [3.05, 3.63) is 21.9 Å². The molecule has 3 N–H and O–H groups in total. The lowest BCUT2D eigenvalue weighted by Gasteiger charge is -2.31. The number of carbonyl (C=O) groups excluding carboxylic acids is 3. The monoisotopic (exact) mass is 379 g/mol. The fraction of sp³-hybridized carbons (Fsp3) is 0.611. The van der Waals surface area contributed by atoms with Gasteiger partial charge >= 0.3 is 0 Å². The van der Waals surface area contributed by atoms with E-state index in [0.717, 1.165) is 12.8 Å². The highest BCUT2D eigenvalue weighted by Gasteiger charge is 2.36. The van der Waals surface area contributed by atoms with E-state index in [-0.39, 0.29) is 11.8 Å². The molecule has 7 nitrogen and oxygen atoms in total. The van der Waals surface area contributed by atoms with E-state index in [1.807, 2.05) is 11.8 Å². The van der Waals surface area contributed by atoms with Gasteiger partial charge in [-0.25, -0.2) is 0 Å². The smallest absolute Gasteiger partial charge is 0.249 e. The van der Waals surface area contributed by atoms with Crippen LogP contribution in [0.2, 0.25) is 0 Å². The summed E-state index contributed by atoms with van der Waals surface area (Å²) in [6, 6.07) is 1.49. The van der Waals surface area contributed by atoms with Crippen LogP contribution in [0, 0.1) is 0 Å². The summed E-state index contributed by atoms with van der Waals surface area (Å²) in [5.41, 5.74) is 6.42. The van der Waals surface area contributed by atoms with E-state index in [1.54, 1.807) is 11.3 Å². The number of carbonyl (C=O) groups is 3. The van der Waals surface area contributed by atoms with Crippen molar-refractivity contribution < 1.29 is 19.1 Å². The molecular weight excluding hydrogens is 354 g/mol. The zero-order valence-corrected chi connectivity index (χ0v) is 15.7. The molecule has 8 heteroatoms. The first-order valence-electron chi connectivity index (χ1n) is 9.08. The Hall–Kier alpha value is -1.93. The molecule has 2 aliphatic rings. The van der Waals surface area contributed by atoms with Crippen molar-refractivity contribution in [1.29, 1.82) is 0 Å². The highest BCUT2D eigenvalue weighted by molar-refractivity contribution is 7.10. The molecule has 3 heterocycles. The SMILES string of the molecule is CCC[C@H](NC(=O)[C@@H]1CC[C@@H](C(N)=O)O1)C(=O)N1CCc2sccc2C1. The van der Waals surface area contributed by atoms with Crippen LogP contribution in [-0.2, 0) is 32.1 Å². The highest BCUT2D eigenvalue weighted by atomic mass is 32.1. The summed E-state index contributed by atoms with van der Waals surface area (Å²) in [6.07, 6.45) is 1.65. The second-order valence-electron chi connectivity index (χ2n) is 6.82. The van der Waals surface area contributed by atoms with Gasteiger partial charge in [0.2, 0.25) is 17.7 Å². The summed E-state index contributed by atoms with van der Waals surface area (Å²) in [4.78, 5) is 39.8. The second kappa shape index (κ2) is 8.18. The summed E-state index contributed by atoms with van der Waals surface area (Å²) in [7, 11) is 0. The topological polar surface area (TPSA) is 102 Å². The van der Waals surface area contributed by atoms with Gasteiger partial charge in [0.15, 0.2) is 0 Å². The fourth-order valence-electron chi connectivity index (χ4n) is 3.51. The largest absolute Gasteiger partial charge is 0.367 e. The van der Waals surface area contributed by atoms with Crippen molar-refractivity contribution in [2.75, 3.05) is 6.54 Å². The first kappa shape index (κ1) is 18.8. The maximum absolute atomic E-state index is 12.9. The maximum Gasteiger partial charge on any atom is 0.249 e. The lowest BCUT2D eigenvalue weighted by atomic mass is 10.1. The first-order chi connectivity index (χ1) is 12.5. The molecule has 142 valence electrons. The average Bonchev–Trinajstić information content (AvgIpc) is 3.29. The van der Waals surface area contributed by atoms with Crippen molar-refractivity contribution in [1.82, 2.24) is 10.2 Å². The molecular formula is C18H25N3O4S. The molecule has 0 spiro atoms. The zero-order valence-electron chi connectivity index (χ0n) is 14.9. The van der Waals surface area contributed by atoms with Crippen LogP contribution in [0.5, 0.6) is 0 Å². The van der Waals surface area contributed by atoms with Crippen LogP contribution in [0.4, 0.5) is 0 Å². The Labute approximate surface area is 156 Å². The zero-order chi connectivity index (χ0) is 18.7. The molecule has 1 aromatic heterocycles. The number of thiophene rings is 1. The minimum absolute atomic E-state index is 0.0542. The molecule has 1 saturated heterocycles. The summed E-state index contributed by atoms with van der Waals surface area (Å²) >= 11 is 1.73.